The molecule has 2 amide bonds. The topological polar surface area (TPSA) is 107 Å². The second-order valence-electron chi connectivity index (χ2n) is 7.08. The second-order valence-corrected chi connectivity index (χ2v) is 7.08. The van der Waals surface area contributed by atoms with Crippen LogP contribution in [0.4, 0.5) is 0 Å². The standard InChI is InChI=1S/C19H22N2O5/c1-12-3-5-13(6-4-12)10-21-11-19(7-2-8-19)16(24)15(18(21)26)17(25)20-9-14(22)23/h3-6,24H,2,7-11H2,1H3,(H,20,25)(H,22,23). The lowest BCUT2D eigenvalue weighted by molar-refractivity contribution is -0.140. The van der Waals surface area contributed by atoms with E-state index in [1.165, 1.54) is 0 Å². The van der Waals surface area contributed by atoms with Crippen LogP contribution in [0.2, 0.25) is 0 Å². The van der Waals surface area contributed by atoms with E-state index in [-0.39, 0.29) is 11.3 Å². The third-order valence-corrected chi connectivity index (χ3v) is 5.17. The average Bonchev–Trinajstić information content (AvgIpc) is 2.56. The number of hydrogen-bond acceptors (Lipinski definition) is 4. The predicted octanol–water partition coefficient (Wildman–Crippen LogP) is 1.52. The molecule has 1 heterocycles. The number of carboxylic acid groups (broad SMARTS) is 1. The molecule has 2 aliphatic rings. The van der Waals surface area contributed by atoms with Crippen LogP contribution < -0.4 is 5.32 Å². The number of carbonyl (C=O) groups is 3. The van der Waals surface area contributed by atoms with Gasteiger partial charge in [0.2, 0.25) is 0 Å². The lowest BCUT2D eigenvalue weighted by atomic mass is 9.64. The molecule has 26 heavy (non-hydrogen) atoms. The Kier molecular flexibility index (Phi) is 4.71. The summed E-state index contributed by atoms with van der Waals surface area (Å²) in [6.07, 6.45) is 2.32. The molecule has 0 radical (unpaired) electrons. The van der Waals surface area contributed by atoms with E-state index in [1.54, 1.807) is 4.90 Å². The molecule has 0 aromatic heterocycles. The summed E-state index contributed by atoms with van der Waals surface area (Å²) >= 11 is 0. The van der Waals surface area contributed by atoms with Gasteiger partial charge >= 0.3 is 5.97 Å². The van der Waals surface area contributed by atoms with Crippen molar-refractivity contribution >= 4 is 17.8 Å². The van der Waals surface area contributed by atoms with E-state index in [1.807, 2.05) is 31.2 Å². The molecule has 0 saturated heterocycles. The number of aliphatic hydroxyl groups is 1. The molecule has 3 rings (SSSR count). The van der Waals surface area contributed by atoms with Crippen molar-refractivity contribution in [3.63, 3.8) is 0 Å². The summed E-state index contributed by atoms with van der Waals surface area (Å²) in [5, 5.41) is 21.5. The van der Waals surface area contributed by atoms with Gasteiger partial charge in [-0.1, -0.05) is 36.2 Å². The van der Waals surface area contributed by atoms with Gasteiger partial charge in [-0.2, -0.15) is 0 Å². The van der Waals surface area contributed by atoms with Gasteiger partial charge in [0.15, 0.2) is 0 Å². The molecule has 138 valence electrons. The number of aryl methyl sites for hydroxylation is 1. The first-order valence-electron chi connectivity index (χ1n) is 8.61. The Morgan fingerprint density at radius 3 is 2.42 bits per heavy atom. The highest BCUT2D eigenvalue weighted by atomic mass is 16.4. The summed E-state index contributed by atoms with van der Waals surface area (Å²) in [4.78, 5) is 37.4. The summed E-state index contributed by atoms with van der Waals surface area (Å²) in [6.45, 7) is 2.07. The highest BCUT2D eigenvalue weighted by molar-refractivity contribution is 6.19. The molecule has 0 bridgehead atoms. The van der Waals surface area contributed by atoms with Gasteiger partial charge in [0.05, 0.1) is 0 Å². The van der Waals surface area contributed by atoms with Crippen LogP contribution in [0.1, 0.15) is 30.4 Å². The number of amides is 2. The lowest BCUT2D eigenvalue weighted by Gasteiger charge is -2.48. The minimum absolute atomic E-state index is 0.197. The average molecular weight is 358 g/mol. The van der Waals surface area contributed by atoms with Gasteiger partial charge in [0.1, 0.15) is 17.9 Å². The number of benzene rings is 1. The van der Waals surface area contributed by atoms with Gasteiger partial charge in [0.25, 0.3) is 11.8 Å². The number of rotatable bonds is 5. The second kappa shape index (κ2) is 6.82. The molecule has 1 aliphatic heterocycles. The number of nitrogens with zero attached hydrogens (tertiary/aromatic N) is 1. The maximum absolute atomic E-state index is 12.8. The van der Waals surface area contributed by atoms with Crippen LogP contribution in [0.5, 0.6) is 0 Å². The molecule has 0 atom stereocenters. The van der Waals surface area contributed by atoms with Crippen LogP contribution in [0.3, 0.4) is 0 Å². The number of aliphatic carboxylic acids is 1. The van der Waals surface area contributed by atoms with Crippen molar-refractivity contribution in [3.05, 3.63) is 46.7 Å². The molecule has 1 aliphatic carbocycles. The van der Waals surface area contributed by atoms with Crippen LogP contribution in [-0.2, 0) is 20.9 Å². The summed E-state index contributed by atoms with van der Waals surface area (Å²) in [5.74, 6) is -2.81. The van der Waals surface area contributed by atoms with Crippen molar-refractivity contribution in [1.82, 2.24) is 10.2 Å². The number of aliphatic hydroxyl groups excluding tert-OH is 1. The Morgan fingerprint density at radius 2 is 1.88 bits per heavy atom. The zero-order valence-corrected chi connectivity index (χ0v) is 14.6. The van der Waals surface area contributed by atoms with Crippen molar-refractivity contribution in [2.24, 2.45) is 5.41 Å². The third kappa shape index (κ3) is 3.29. The molecule has 1 fully saturated rings. The fraction of sp³-hybridized carbons (Fsp3) is 0.421. The molecule has 7 heteroatoms. The quantitative estimate of drug-likeness (QED) is 0.692. The van der Waals surface area contributed by atoms with E-state index < -0.39 is 29.7 Å². The molecule has 7 nitrogen and oxygen atoms in total. The predicted molar refractivity (Wildman–Crippen MR) is 93.2 cm³/mol. The zero-order chi connectivity index (χ0) is 18.9. The normalized spacial score (nSPS) is 18.7. The van der Waals surface area contributed by atoms with Crippen molar-refractivity contribution in [1.29, 1.82) is 0 Å². The van der Waals surface area contributed by atoms with Gasteiger partial charge in [0, 0.05) is 18.5 Å². The molecule has 0 unspecified atom stereocenters. The van der Waals surface area contributed by atoms with E-state index in [2.05, 4.69) is 5.32 Å². The number of nitrogens with one attached hydrogen (secondary N) is 1. The largest absolute Gasteiger partial charge is 0.511 e. The molecule has 1 aromatic rings. The van der Waals surface area contributed by atoms with Gasteiger partial charge in [-0.15, -0.1) is 0 Å². The maximum Gasteiger partial charge on any atom is 0.322 e. The van der Waals surface area contributed by atoms with Crippen LogP contribution >= 0.6 is 0 Å². The summed E-state index contributed by atoms with van der Waals surface area (Å²) < 4.78 is 0. The van der Waals surface area contributed by atoms with Crippen molar-refractivity contribution < 1.29 is 24.6 Å². The number of carboxylic acids is 1. The molecule has 1 aromatic carbocycles. The van der Waals surface area contributed by atoms with Crippen LogP contribution in [0, 0.1) is 12.3 Å². The van der Waals surface area contributed by atoms with Crippen molar-refractivity contribution in [2.75, 3.05) is 13.1 Å². The van der Waals surface area contributed by atoms with Crippen LogP contribution in [-0.4, -0.2) is 46.0 Å². The molecule has 3 N–H and O–H groups in total. The van der Waals surface area contributed by atoms with Crippen LogP contribution in [0.15, 0.2) is 35.6 Å². The number of hydrogen-bond donors (Lipinski definition) is 3. The molecule has 1 spiro atoms. The van der Waals surface area contributed by atoms with E-state index in [0.717, 1.165) is 17.5 Å². The van der Waals surface area contributed by atoms with Crippen molar-refractivity contribution in [3.8, 4) is 0 Å². The summed E-state index contributed by atoms with van der Waals surface area (Å²) in [7, 11) is 0. The van der Waals surface area contributed by atoms with E-state index >= 15 is 0 Å². The smallest absolute Gasteiger partial charge is 0.322 e. The zero-order valence-electron chi connectivity index (χ0n) is 14.6. The first-order valence-corrected chi connectivity index (χ1v) is 8.61. The Hall–Kier alpha value is -2.83. The van der Waals surface area contributed by atoms with Crippen LogP contribution in [0.25, 0.3) is 0 Å². The van der Waals surface area contributed by atoms with E-state index in [9.17, 15) is 19.5 Å². The van der Waals surface area contributed by atoms with Crippen molar-refractivity contribution in [2.45, 2.75) is 32.7 Å². The first kappa shape index (κ1) is 18.0. The highest BCUT2D eigenvalue weighted by Gasteiger charge is 2.50. The fourth-order valence-corrected chi connectivity index (χ4v) is 3.53. The molecular weight excluding hydrogens is 336 g/mol. The Labute approximate surface area is 151 Å². The summed E-state index contributed by atoms with van der Waals surface area (Å²) in [5.41, 5.74) is 1.13. The van der Waals surface area contributed by atoms with E-state index in [0.29, 0.717) is 25.9 Å². The van der Waals surface area contributed by atoms with E-state index in [4.69, 9.17) is 5.11 Å². The maximum atomic E-state index is 12.8. The Morgan fingerprint density at radius 1 is 1.23 bits per heavy atom. The summed E-state index contributed by atoms with van der Waals surface area (Å²) in [6, 6.07) is 7.77. The Balaban J connectivity index is 1.87. The van der Waals surface area contributed by atoms with Gasteiger partial charge in [-0.25, -0.2) is 0 Å². The number of carbonyl (C=O) groups excluding carboxylic acids is 2. The van der Waals surface area contributed by atoms with Gasteiger partial charge in [-0.3, -0.25) is 14.4 Å². The third-order valence-electron chi connectivity index (χ3n) is 5.17. The first-order chi connectivity index (χ1) is 12.3. The molecule has 1 saturated carbocycles. The SMILES string of the molecule is Cc1ccc(CN2CC3(CCC3)C(O)=C(C(=O)NCC(=O)O)C2=O)cc1. The minimum Gasteiger partial charge on any atom is -0.511 e. The molecular formula is C19H22N2O5. The highest BCUT2D eigenvalue weighted by Crippen LogP contribution is 2.50. The lowest BCUT2D eigenvalue weighted by Crippen LogP contribution is -2.53. The minimum atomic E-state index is -1.21. The fourth-order valence-electron chi connectivity index (χ4n) is 3.53. The van der Waals surface area contributed by atoms with Gasteiger partial charge in [-0.05, 0) is 25.3 Å². The van der Waals surface area contributed by atoms with Gasteiger partial charge < -0.3 is 20.4 Å². The Bertz CT molecular complexity index is 778. The monoisotopic (exact) mass is 358 g/mol.